The molecule has 1 heterocycles. The fourth-order valence-corrected chi connectivity index (χ4v) is 3.04. The van der Waals surface area contributed by atoms with Crippen LogP contribution in [0.2, 0.25) is 0 Å². The standard InChI is InChI=1S/C20H22O8/c1-26-20(25)12-3-2-4-14(9-12)27-13-7-5-11(6-8-13)19-18(24)17(23)16(22)15(10-21)28-19/h2-9,15-19,21-24H,10H2,1H3/t15-,16-,17+,18-,19-/m1/s1. The number of aliphatic hydroxyl groups is 4. The van der Waals surface area contributed by atoms with Crippen molar-refractivity contribution in [2.75, 3.05) is 13.7 Å². The molecule has 8 heteroatoms. The first-order chi connectivity index (χ1) is 13.4. The molecule has 0 amide bonds. The molecule has 5 atom stereocenters. The summed E-state index contributed by atoms with van der Waals surface area (Å²) in [4.78, 5) is 11.6. The van der Waals surface area contributed by atoms with E-state index in [1.165, 1.54) is 7.11 Å². The molecule has 0 saturated carbocycles. The van der Waals surface area contributed by atoms with Gasteiger partial charge >= 0.3 is 5.97 Å². The van der Waals surface area contributed by atoms with Crippen LogP contribution in [0, 0.1) is 0 Å². The molecule has 4 N–H and O–H groups in total. The third-order valence-corrected chi connectivity index (χ3v) is 4.59. The summed E-state index contributed by atoms with van der Waals surface area (Å²) < 4.78 is 15.9. The first-order valence-electron chi connectivity index (χ1n) is 8.71. The summed E-state index contributed by atoms with van der Waals surface area (Å²) in [5.41, 5.74) is 0.908. The third kappa shape index (κ3) is 4.16. The first-order valence-corrected chi connectivity index (χ1v) is 8.71. The zero-order valence-electron chi connectivity index (χ0n) is 15.1. The fourth-order valence-electron chi connectivity index (χ4n) is 3.04. The van der Waals surface area contributed by atoms with Gasteiger partial charge in [-0.15, -0.1) is 0 Å². The largest absolute Gasteiger partial charge is 0.465 e. The van der Waals surface area contributed by atoms with Crippen LogP contribution in [0.1, 0.15) is 22.0 Å². The minimum atomic E-state index is -1.44. The Bertz CT molecular complexity index is 804. The Balaban J connectivity index is 1.74. The highest BCUT2D eigenvalue weighted by atomic mass is 16.5. The van der Waals surface area contributed by atoms with Crippen molar-refractivity contribution in [3.8, 4) is 11.5 Å². The zero-order valence-corrected chi connectivity index (χ0v) is 15.1. The molecule has 1 aliphatic rings. The van der Waals surface area contributed by atoms with E-state index < -0.39 is 43.1 Å². The van der Waals surface area contributed by atoms with E-state index in [9.17, 15) is 25.2 Å². The van der Waals surface area contributed by atoms with Crippen LogP contribution in [0.5, 0.6) is 11.5 Å². The smallest absolute Gasteiger partial charge is 0.337 e. The first kappa shape index (κ1) is 20.2. The van der Waals surface area contributed by atoms with Gasteiger partial charge in [-0.3, -0.25) is 0 Å². The number of carbonyl (C=O) groups excluding carboxylic acids is 1. The second-order valence-electron chi connectivity index (χ2n) is 6.44. The molecule has 0 spiro atoms. The van der Waals surface area contributed by atoms with Crippen molar-refractivity contribution in [2.45, 2.75) is 30.5 Å². The highest BCUT2D eigenvalue weighted by molar-refractivity contribution is 5.89. The maximum atomic E-state index is 11.6. The van der Waals surface area contributed by atoms with Gasteiger partial charge in [0.1, 0.15) is 42.0 Å². The average molecular weight is 390 g/mol. The number of rotatable bonds is 5. The second kappa shape index (κ2) is 8.68. The van der Waals surface area contributed by atoms with Crippen LogP contribution in [0.4, 0.5) is 0 Å². The molecular formula is C20H22O8. The van der Waals surface area contributed by atoms with Gasteiger partial charge in [0.2, 0.25) is 0 Å². The van der Waals surface area contributed by atoms with Gasteiger partial charge in [-0.2, -0.15) is 0 Å². The minimum Gasteiger partial charge on any atom is -0.465 e. The molecule has 2 aromatic carbocycles. The van der Waals surface area contributed by atoms with E-state index in [4.69, 9.17) is 9.47 Å². The van der Waals surface area contributed by atoms with Gasteiger partial charge in [0.25, 0.3) is 0 Å². The highest BCUT2D eigenvalue weighted by Crippen LogP contribution is 2.33. The van der Waals surface area contributed by atoms with Crippen molar-refractivity contribution in [3.63, 3.8) is 0 Å². The van der Waals surface area contributed by atoms with E-state index in [2.05, 4.69) is 4.74 Å². The molecule has 0 aliphatic carbocycles. The molecule has 0 unspecified atom stereocenters. The number of ether oxygens (including phenoxy) is 3. The molecule has 0 aromatic heterocycles. The van der Waals surface area contributed by atoms with Crippen LogP contribution in [-0.4, -0.2) is 64.5 Å². The lowest BCUT2D eigenvalue weighted by Gasteiger charge is -2.40. The van der Waals surface area contributed by atoms with E-state index >= 15 is 0 Å². The summed E-state index contributed by atoms with van der Waals surface area (Å²) in [5, 5.41) is 39.3. The molecule has 2 aromatic rings. The van der Waals surface area contributed by atoms with Crippen LogP contribution in [-0.2, 0) is 9.47 Å². The summed E-state index contributed by atoms with van der Waals surface area (Å²) >= 11 is 0. The summed E-state index contributed by atoms with van der Waals surface area (Å²) in [6, 6.07) is 13.1. The normalized spacial score (nSPS) is 27.2. The molecular weight excluding hydrogens is 368 g/mol. The highest BCUT2D eigenvalue weighted by Gasteiger charge is 2.43. The van der Waals surface area contributed by atoms with Gasteiger partial charge in [-0.05, 0) is 35.9 Å². The molecule has 1 fully saturated rings. The van der Waals surface area contributed by atoms with Gasteiger partial charge in [0.05, 0.1) is 19.3 Å². The molecule has 0 radical (unpaired) electrons. The number of aliphatic hydroxyl groups excluding tert-OH is 4. The number of hydrogen-bond acceptors (Lipinski definition) is 8. The molecule has 0 bridgehead atoms. The molecule has 150 valence electrons. The van der Waals surface area contributed by atoms with E-state index in [1.54, 1.807) is 48.5 Å². The van der Waals surface area contributed by atoms with Crippen molar-refractivity contribution >= 4 is 5.97 Å². The number of carbonyl (C=O) groups is 1. The number of methoxy groups -OCH3 is 1. The Labute approximate surface area is 161 Å². The lowest BCUT2D eigenvalue weighted by molar-refractivity contribution is -0.231. The lowest BCUT2D eigenvalue weighted by atomic mass is 9.91. The summed E-state index contributed by atoms with van der Waals surface area (Å²) in [6.07, 6.45) is -6.07. The van der Waals surface area contributed by atoms with E-state index in [-0.39, 0.29) is 0 Å². The number of hydrogen-bond donors (Lipinski definition) is 4. The topological polar surface area (TPSA) is 126 Å². The predicted molar refractivity (Wildman–Crippen MR) is 97.0 cm³/mol. The van der Waals surface area contributed by atoms with Crippen LogP contribution >= 0.6 is 0 Å². The fraction of sp³-hybridized carbons (Fsp3) is 0.350. The van der Waals surface area contributed by atoms with Crippen molar-refractivity contribution in [1.82, 2.24) is 0 Å². The molecule has 1 aliphatic heterocycles. The Morgan fingerprint density at radius 3 is 2.36 bits per heavy atom. The predicted octanol–water partition coefficient (Wildman–Crippen LogP) is 0.780. The Kier molecular flexibility index (Phi) is 6.28. The average Bonchev–Trinajstić information content (AvgIpc) is 2.72. The third-order valence-electron chi connectivity index (χ3n) is 4.59. The summed E-state index contributed by atoms with van der Waals surface area (Å²) in [6.45, 7) is -0.487. The summed E-state index contributed by atoms with van der Waals surface area (Å²) in [5.74, 6) is 0.460. The van der Waals surface area contributed by atoms with E-state index in [0.717, 1.165) is 0 Å². The second-order valence-corrected chi connectivity index (χ2v) is 6.44. The van der Waals surface area contributed by atoms with Crippen LogP contribution < -0.4 is 4.74 Å². The SMILES string of the molecule is COC(=O)c1cccc(Oc2ccc([C@H]3O[C@H](CO)[C@@H](O)[C@H](O)[C@H]3O)cc2)c1. The molecule has 3 rings (SSSR count). The van der Waals surface area contributed by atoms with Gasteiger partial charge in [0, 0.05) is 0 Å². The molecule has 8 nitrogen and oxygen atoms in total. The van der Waals surface area contributed by atoms with Gasteiger partial charge in [-0.1, -0.05) is 18.2 Å². The quantitative estimate of drug-likeness (QED) is 0.552. The lowest BCUT2D eigenvalue weighted by Crippen LogP contribution is -2.55. The number of benzene rings is 2. The maximum absolute atomic E-state index is 11.6. The molecule has 1 saturated heterocycles. The van der Waals surface area contributed by atoms with Crippen LogP contribution in [0.25, 0.3) is 0 Å². The molecule has 28 heavy (non-hydrogen) atoms. The van der Waals surface area contributed by atoms with E-state index in [0.29, 0.717) is 22.6 Å². The van der Waals surface area contributed by atoms with Gasteiger partial charge in [-0.25, -0.2) is 4.79 Å². The van der Waals surface area contributed by atoms with Gasteiger partial charge < -0.3 is 34.6 Å². The van der Waals surface area contributed by atoms with Crippen molar-refractivity contribution in [1.29, 1.82) is 0 Å². The van der Waals surface area contributed by atoms with Crippen molar-refractivity contribution in [2.24, 2.45) is 0 Å². The minimum absolute atomic E-state index is 0.359. The van der Waals surface area contributed by atoms with Crippen molar-refractivity contribution < 1.29 is 39.4 Å². The monoisotopic (exact) mass is 390 g/mol. The van der Waals surface area contributed by atoms with Gasteiger partial charge in [0.15, 0.2) is 0 Å². The van der Waals surface area contributed by atoms with Crippen molar-refractivity contribution in [3.05, 3.63) is 59.7 Å². The Hall–Kier alpha value is -2.49. The van der Waals surface area contributed by atoms with E-state index in [1.807, 2.05) is 0 Å². The Morgan fingerprint density at radius 1 is 1.00 bits per heavy atom. The van der Waals surface area contributed by atoms with Crippen LogP contribution in [0.3, 0.4) is 0 Å². The zero-order chi connectivity index (χ0) is 20.3. The van der Waals surface area contributed by atoms with Crippen LogP contribution in [0.15, 0.2) is 48.5 Å². The summed E-state index contributed by atoms with van der Waals surface area (Å²) in [7, 11) is 1.30. The maximum Gasteiger partial charge on any atom is 0.337 e. The Morgan fingerprint density at radius 2 is 1.71 bits per heavy atom. The number of esters is 1.